The standard InChI is InChI=1S/C25H22F3N3O6/c1-25(35,36)19-10-30-24(34)20-22(37-12-13-5-3-2-4-6-13)21(32)16(11-31(19)20)23(33)29-9-15-17(27)7-14(26)8-18(15)28/h2-8,11,19,35-36H,9-10,12H2,1H3,(H,29,33)(H,30,34)/t19-/m1/s1. The van der Waals surface area contributed by atoms with Gasteiger partial charge in [0.25, 0.3) is 11.8 Å². The molecular weight excluding hydrogens is 495 g/mol. The molecule has 4 rings (SSSR count). The third kappa shape index (κ3) is 5.34. The zero-order chi connectivity index (χ0) is 26.9. The van der Waals surface area contributed by atoms with E-state index in [9.17, 15) is 37.8 Å². The Hall–Kier alpha value is -4.16. The molecule has 3 aromatic rings. The fraction of sp³-hybridized carbons (Fsp3) is 0.240. The molecule has 0 bridgehead atoms. The molecule has 1 atom stereocenters. The van der Waals surface area contributed by atoms with Crippen molar-refractivity contribution in [1.29, 1.82) is 0 Å². The van der Waals surface area contributed by atoms with Crippen molar-refractivity contribution in [2.75, 3.05) is 6.54 Å². The van der Waals surface area contributed by atoms with Crippen LogP contribution in [0.25, 0.3) is 0 Å². The Balaban J connectivity index is 1.76. The number of benzene rings is 2. The van der Waals surface area contributed by atoms with Crippen LogP contribution in [0.5, 0.6) is 5.75 Å². The molecule has 0 saturated carbocycles. The molecule has 1 aromatic heterocycles. The number of pyridine rings is 1. The van der Waals surface area contributed by atoms with Gasteiger partial charge in [-0.15, -0.1) is 0 Å². The van der Waals surface area contributed by atoms with Crippen LogP contribution in [-0.2, 0) is 13.2 Å². The molecule has 0 radical (unpaired) electrons. The van der Waals surface area contributed by atoms with E-state index in [4.69, 9.17) is 4.74 Å². The lowest BCUT2D eigenvalue weighted by Gasteiger charge is -2.36. The first-order valence-electron chi connectivity index (χ1n) is 11.1. The minimum atomic E-state index is -2.39. The molecule has 37 heavy (non-hydrogen) atoms. The monoisotopic (exact) mass is 517 g/mol. The summed E-state index contributed by atoms with van der Waals surface area (Å²) in [6.07, 6.45) is 0.952. The molecular formula is C25H22F3N3O6. The molecule has 0 unspecified atom stereocenters. The van der Waals surface area contributed by atoms with E-state index in [1.54, 1.807) is 30.3 Å². The van der Waals surface area contributed by atoms with E-state index in [-0.39, 0.29) is 18.8 Å². The minimum Gasteiger partial charge on any atom is -0.483 e. The maximum absolute atomic E-state index is 14.0. The predicted octanol–water partition coefficient (Wildman–Crippen LogP) is 1.76. The average Bonchev–Trinajstić information content (AvgIpc) is 2.82. The number of carbonyl (C=O) groups excluding carboxylic acids is 2. The molecule has 0 spiro atoms. The van der Waals surface area contributed by atoms with Crippen LogP contribution in [-0.4, -0.2) is 38.9 Å². The largest absolute Gasteiger partial charge is 0.483 e. The Morgan fingerprint density at radius 3 is 2.43 bits per heavy atom. The lowest BCUT2D eigenvalue weighted by molar-refractivity contribution is -0.178. The van der Waals surface area contributed by atoms with Crippen molar-refractivity contribution in [2.24, 2.45) is 0 Å². The number of carbonyl (C=O) groups is 2. The molecule has 12 heteroatoms. The summed E-state index contributed by atoms with van der Waals surface area (Å²) in [6.45, 7) is -0.0713. The van der Waals surface area contributed by atoms with E-state index in [1.165, 1.54) is 0 Å². The van der Waals surface area contributed by atoms with Gasteiger partial charge in [-0.1, -0.05) is 30.3 Å². The van der Waals surface area contributed by atoms with Gasteiger partial charge >= 0.3 is 0 Å². The Morgan fingerprint density at radius 2 is 1.81 bits per heavy atom. The molecule has 194 valence electrons. The normalized spacial score (nSPS) is 15.1. The van der Waals surface area contributed by atoms with Gasteiger partial charge in [0.15, 0.2) is 17.2 Å². The van der Waals surface area contributed by atoms with Crippen molar-refractivity contribution in [3.05, 3.63) is 98.7 Å². The molecule has 4 N–H and O–H groups in total. The van der Waals surface area contributed by atoms with E-state index in [1.807, 2.05) is 0 Å². The number of aromatic nitrogens is 1. The van der Waals surface area contributed by atoms with Crippen LogP contribution < -0.4 is 20.8 Å². The van der Waals surface area contributed by atoms with Crippen LogP contribution in [0, 0.1) is 17.5 Å². The number of hydrogen-bond acceptors (Lipinski definition) is 6. The lowest BCUT2D eigenvalue weighted by Crippen LogP contribution is -2.50. The van der Waals surface area contributed by atoms with Gasteiger partial charge in [-0.25, -0.2) is 13.2 Å². The van der Waals surface area contributed by atoms with E-state index in [0.717, 1.165) is 17.7 Å². The summed E-state index contributed by atoms with van der Waals surface area (Å²) in [7, 11) is 0. The molecule has 2 heterocycles. The summed E-state index contributed by atoms with van der Waals surface area (Å²) in [5.41, 5.74) is -1.92. The van der Waals surface area contributed by atoms with Crippen molar-refractivity contribution >= 4 is 11.8 Å². The van der Waals surface area contributed by atoms with Gasteiger partial charge in [0.05, 0.1) is 0 Å². The molecule has 0 aliphatic carbocycles. The molecule has 1 aliphatic rings. The third-order valence-electron chi connectivity index (χ3n) is 5.83. The highest BCUT2D eigenvalue weighted by molar-refractivity contribution is 5.99. The van der Waals surface area contributed by atoms with Crippen LogP contribution >= 0.6 is 0 Å². The van der Waals surface area contributed by atoms with Crippen LogP contribution in [0.2, 0.25) is 0 Å². The van der Waals surface area contributed by atoms with Crippen molar-refractivity contribution in [3.63, 3.8) is 0 Å². The number of hydrogen-bond donors (Lipinski definition) is 4. The Morgan fingerprint density at radius 1 is 1.16 bits per heavy atom. The van der Waals surface area contributed by atoms with Crippen LogP contribution in [0.15, 0.2) is 53.5 Å². The van der Waals surface area contributed by atoms with E-state index < -0.39 is 69.9 Å². The SMILES string of the molecule is CC(O)(O)[C@H]1CNC(=O)c2c(OCc3ccccc3)c(=O)c(C(=O)NCc3c(F)cc(F)cc3F)cn21. The summed E-state index contributed by atoms with van der Waals surface area (Å²) in [6, 6.07) is 8.29. The highest BCUT2D eigenvalue weighted by Gasteiger charge is 2.39. The number of nitrogens with zero attached hydrogens (tertiary/aromatic N) is 1. The molecule has 1 aliphatic heterocycles. The summed E-state index contributed by atoms with van der Waals surface area (Å²) < 4.78 is 47.9. The molecule has 9 nitrogen and oxygen atoms in total. The number of fused-ring (bicyclic) bond motifs is 1. The number of nitrogens with one attached hydrogen (secondary N) is 2. The Bertz CT molecular complexity index is 1400. The molecule has 2 amide bonds. The smallest absolute Gasteiger partial charge is 0.272 e. The second kappa shape index (κ2) is 10.1. The fourth-order valence-corrected chi connectivity index (χ4v) is 3.93. The van der Waals surface area contributed by atoms with Crippen molar-refractivity contribution < 1.29 is 37.7 Å². The van der Waals surface area contributed by atoms with Gasteiger partial charge in [0.1, 0.15) is 35.7 Å². The first-order valence-corrected chi connectivity index (χ1v) is 11.1. The number of aliphatic hydroxyl groups is 2. The summed E-state index contributed by atoms with van der Waals surface area (Å²) in [5, 5.41) is 25.2. The summed E-state index contributed by atoms with van der Waals surface area (Å²) in [5.74, 6) is -8.36. The quantitative estimate of drug-likeness (QED) is 0.354. The number of rotatable bonds is 7. The molecule has 0 fully saturated rings. The Labute approximate surface area is 208 Å². The molecule has 0 saturated heterocycles. The van der Waals surface area contributed by atoms with Gasteiger partial charge in [0, 0.05) is 37.0 Å². The predicted molar refractivity (Wildman–Crippen MR) is 123 cm³/mol. The van der Waals surface area contributed by atoms with Crippen molar-refractivity contribution in [3.8, 4) is 5.75 Å². The van der Waals surface area contributed by atoms with Gasteiger partial charge in [0.2, 0.25) is 5.43 Å². The van der Waals surface area contributed by atoms with Gasteiger partial charge in [-0.2, -0.15) is 0 Å². The van der Waals surface area contributed by atoms with Crippen LogP contribution in [0.3, 0.4) is 0 Å². The number of halogens is 3. The van der Waals surface area contributed by atoms with E-state index in [0.29, 0.717) is 17.7 Å². The lowest BCUT2D eigenvalue weighted by atomic mass is 10.0. The first kappa shape index (κ1) is 25.9. The molecule has 2 aromatic carbocycles. The highest BCUT2D eigenvalue weighted by Crippen LogP contribution is 2.29. The summed E-state index contributed by atoms with van der Waals surface area (Å²) in [4.78, 5) is 39.0. The van der Waals surface area contributed by atoms with Crippen LogP contribution in [0.4, 0.5) is 13.2 Å². The second-order valence-corrected chi connectivity index (χ2v) is 8.58. The average molecular weight is 517 g/mol. The first-order chi connectivity index (χ1) is 17.5. The van der Waals surface area contributed by atoms with E-state index in [2.05, 4.69) is 10.6 Å². The third-order valence-corrected chi connectivity index (χ3v) is 5.83. The van der Waals surface area contributed by atoms with E-state index >= 15 is 0 Å². The number of amides is 2. The topological polar surface area (TPSA) is 130 Å². The van der Waals surface area contributed by atoms with Gasteiger partial charge in [-0.05, 0) is 12.5 Å². The van der Waals surface area contributed by atoms with Crippen molar-refractivity contribution in [2.45, 2.75) is 31.9 Å². The Kier molecular flexibility index (Phi) is 7.05. The zero-order valence-corrected chi connectivity index (χ0v) is 19.4. The van der Waals surface area contributed by atoms with Gasteiger partial charge in [-0.3, -0.25) is 14.4 Å². The maximum Gasteiger partial charge on any atom is 0.272 e. The zero-order valence-electron chi connectivity index (χ0n) is 19.4. The number of ether oxygens (including phenoxy) is 1. The fourth-order valence-electron chi connectivity index (χ4n) is 3.93. The second-order valence-electron chi connectivity index (χ2n) is 8.58. The summed E-state index contributed by atoms with van der Waals surface area (Å²) >= 11 is 0. The van der Waals surface area contributed by atoms with Crippen molar-refractivity contribution in [1.82, 2.24) is 15.2 Å². The van der Waals surface area contributed by atoms with Gasteiger partial charge < -0.3 is 30.2 Å². The highest BCUT2D eigenvalue weighted by atomic mass is 19.1. The minimum absolute atomic E-state index is 0.159. The van der Waals surface area contributed by atoms with Crippen LogP contribution in [0.1, 0.15) is 44.9 Å². The maximum atomic E-state index is 14.0.